The van der Waals surface area contributed by atoms with Crippen LogP contribution in [0.3, 0.4) is 0 Å². The Morgan fingerprint density at radius 2 is 1.78 bits per heavy atom. The van der Waals surface area contributed by atoms with Gasteiger partial charge in [-0.25, -0.2) is 4.79 Å². The van der Waals surface area contributed by atoms with E-state index >= 15 is 0 Å². The maximum Gasteiger partial charge on any atom is 0.336 e. The molecule has 1 N–H and O–H groups in total. The molecule has 1 aliphatic carbocycles. The van der Waals surface area contributed by atoms with Crippen LogP contribution in [-0.2, 0) is 19.1 Å². The molecule has 2 aromatic rings. The number of halogens is 1. The Morgan fingerprint density at radius 1 is 1.00 bits per heavy atom. The molecule has 2 unspecified atom stereocenters. The Balaban J connectivity index is 1.74. The number of dihydropyridines is 1. The summed E-state index contributed by atoms with van der Waals surface area (Å²) >= 11 is 6.31. The molecular weight excluding hydrogens is 482 g/mol. The van der Waals surface area contributed by atoms with E-state index in [4.69, 9.17) is 30.5 Å². The summed E-state index contributed by atoms with van der Waals surface area (Å²) in [6.07, 6.45) is 0.912. The third-order valence-electron chi connectivity index (χ3n) is 6.63. The average Bonchev–Trinajstić information content (AvgIpc) is 2.87. The van der Waals surface area contributed by atoms with Gasteiger partial charge < -0.3 is 24.3 Å². The molecule has 1 heterocycles. The van der Waals surface area contributed by atoms with Crippen molar-refractivity contribution in [3.8, 4) is 11.5 Å². The molecule has 8 heteroatoms. The Morgan fingerprint density at radius 3 is 2.47 bits per heavy atom. The number of ether oxygens (including phenoxy) is 4. The van der Waals surface area contributed by atoms with Gasteiger partial charge in [-0.1, -0.05) is 29.8 Å². The number of carbonyl (C=O) groups is 2. The van der Waals surface area contributed by atoms with Gasteiger partial charge in [-0.2, -0.15) is 0 Å². The van der Waals surface area contributed by atoms with Gasteiger partial charge in [-0.05, 0) is 54.7 Å². The van der Waals surface area contributed by atoms with Crippen LogP contribution in [0.2, 0.25) is 5.02 Å². The molecule has 1 aliphatic heterocycles. The number of Topliss-reactive ketones (excluding diaryl/α,β-unsaturated/α-hetero) is 1. The van der Waals surface area contributed by atoms with Crippen molar-refractivity contribution in [2.45, 2.75) is 31.6 Å². The van der Waals surface area contributed by atoms with Gasteiger partial charge in [0.05, 0.1) is 26.4 Å². The Bertz CT molecular complexity index is 1230. The van der Waals surface area contributed by atoms with Crippen LogP contribution < -0.4 is 14.8 Å². The first-order chi connectivity index (χ1) is 17.4. The third-order valence-corrected chi connectivity index (χ3v) is 6.86. The van der Waals surface area contributed by atoms with E-state index in [1.165, 1.54) is 0 Å². The average molecular weight is 512 g/mol. The van der Waals surface area contributed by atoms with Crippen LogP contribution >= 0.6 is 11.6 Å². The summed E-state index contributed by atoms with van der Waals surface area (Å²) in [5.41, 5.74) is 4.21. The zero-order valence-electron chi connectivity index (χ0n) is 20.9. The van der Waals surface area contributed by atoms with Gasteiger partial charge in [0.1, 0.15) is 6.61 Å². The third kappa shape index (κ3) is 5.13. The molecule has 0 aromatic heterocycles. The van der Waals surface area contributed by atoms with Crippen molar-refractivity contribution in [1.82, 2.24) is 5.32 Å². The maximum absolute atomic E-state index is 13.7. The van der Waals surface area contributed by atoms with Crippen LogP contribution in [0.1, 0.15) is 42.7 Å². The lowest BCUT2D eigenvalue weighted by atomic mass is 9.71. The SMILES string of the molecule is COCCOC(=O)C1=C(C)NC2=C(C(=O)CC(c3ccc(OC)c(OC)c3)C2)C1c1cccc(Cl)c1. The number of esters is 1. The lowest BCUT2D eigenvalue weighted by Gasteiger charge is -2.36. The highest BCUT2D eigenvalue weighted by atomic mass is 35.5. The highest BCUT2D eigenvalue weighted by Gasteiger charge is 2.41. The van der Waals surface area contributed by atoms with Crippen LogP contribution in [-0.4, -0.2) is 46.3 Å². The number of nitrogens with one attached hydrogen (secondary N) is 1. The summed E-state index contributed by atoms with van der Waals surface area (Å²) in [7, 11) is 4.73. The van der Waals surface area contributed by atoms with Crippen molar-refractivity contribution in [3.05, 3.63) is 81.2 Å². The van der Waals surface area contributed by atoms with Crippen LogP contribution in [0, 0.1) is 0 Å². The van der Waals surface area contributed by atoms with E-state index in [1.54, 1.807) is 33.5 Å². The van der Waals surface area contributed by atoms with Crippen molar-refractivity contribution < 1.29 is 28.5 Å². The molecular formula is C28H30ClNO6. The monoisotopic (exact) mass is 511 g/mol. The molecule has 36 heavy (non-hydrogen) atoms. The van der Waals surface area contributed by atoms with Crippen molar-refractivity contribution in [2.24, 2.45) is 0 Å². The summed E-state index contributed by atoms with van der Waals surface area (Å²) in [6.45, 7) is 2.24. The molecule has 7 nitrogen and oxygen atoms in total. The van der Waals surface area contributed by atoms with E-state index in [0.29, 0.717) is 46.2 Å². The number of methoxy groups -OCH3 is 3. The first kappa shape index (κ1) is 25.8. The molecule has 2 aliphatic rings. The lowest BCUT2D eigenvalue weighted by molar-refractivity contribution is -0.140. The van der Waals surface area contributed by atoms with Gasteiger partial charge in [-0.15, -0.1) is 0 Å². The maximum atomic E-state index is 13.7. The first-order valence-electron chi connectivity index (χ1n) is 11.7. The number of benzene rings is 2. The van der Waals surface area contributed by atoms with Crippen LogP contribution in [0.15, 0.2) is 65.0 Å². The second kappa shape index (κ2) is 11.2. The van der Waals surface area contributed by atoms with Crippen molar-refractivity contribution in [1.29, 1.82) is 0 Å². The van der Waals surface area contributed by atoms with Gasteiger partial charge in [-0.3, -0.25) is 4.79 Å². The lowest BCUT2D eigenvalue weighted by Crippen LogP contribution is -2.36. The van der Waals surface area contributed by atoms with Gasteiger partial charge in [0.25, 0.3) is 0 Å². The number of carbonyl (C=O) groups excluding carboxylic acids is 2. The second-order valence-electron chi connectivity index (χ2n) is 8.82. The highest BCUT2D eigenvalue weighted by Crippen LogP contribution is 2.46. The molecule has 2 aromatic carbocycles. The fourth-order valence-electron chi connectivity index (χ4n) is 4.97. The largest absolute Gasteiger partial charge is 0.493 e. The number of ketones is 1. The van der Waals surface area contributed by atoms with Crippen molar-refractivity contribution >= 4 is 23.4 Å². The highest BCUT2D eigenvalue weighted by molar-refractivity contribution is 6.30. The van der Waals surface area contributed by atoms with Crippen molar-refractivity contribution in [3.63, 3.8) is 0 Å². The van der Waals surface area contributed by atoms with Crippen molar-refractivity contribution in [2.75, 3.05) is 34.5 Å². The molecule has 0 amide bonds. The molecule has 0 radical (unpaired) electrons. The van der Waals surface area contributed by atoms with E-state index in [1.807, 2.05) is 37.3 Å². The topological polar surface area (TPSA) is 83.1 Å². The van der Waals surface area contributed by atoms with Gasteiger partial charge in [0.2, 0.25) is 0 Å². The van der Waals surface area contributed by atoms with Crippen LogP contribution in [0.25, 0.3) is 0 Å². The van der Waals surface area contributed by atoms with E-state index in [0.717, 1.165) is 16.8 Å². The van der Waals surface area contributed by atoms with Crippen LogP contribution in [0.4, 0.5) is 0 Å². The number of hydrogen-bond acceptors (Lipinski definition) is 7. The molecule has 0 saturated heterocycles. The molecule has 0 spiro atoms. The predicted molar refractivity (Wildman–Crippen MR) is 136 cm³/mol. The standard InChI is InChI=1S/C28H30ClNO6/c1-16-25(28(32)36-11-10-33-2)26(18-6-5-7-20(29)12-18)27-21(30-16)13-19(14-22(27)31)17-8-9-23(34-3)24(15-17)35-4/h5-9,12,15,19,26,30H,10-11,13-14H2,1-4H3. The summed E-state index contributed by atoms with van der Waals surface area (Å²) in [5.74, 6) is 0.121. The number of rotatable bonds is 8. The molecule has 2 atom stereocenters. The fourth-order valence-corrected chi connectivity index (χ4v) is 5.17. The second-order valence-corrected chi connectivity index (χ2v) is 9.25. The van der Waals surface area contributed by atoms with Gasteiger partial charge in [0.15, 0.2) is 17.3 Å². The number of hydrogen-bond donors (Lipinski definition) is 1. The Kier molecular flexibility index (Phi) is 8.01. The summed E-state index contributed by atoms with van der Waals surface area (Å²) in [5, 5.41) is 3.88. The molecule has 4 rings (SSSR count). The van der Waals surface area contributed by atoms with E-state index in [2.05, 4.69) is 5.32 Å². The quantitative estimate of drug-likeness (QED) is 0.398. The zero-order chi connectivity index (χ0) is 25.8. The van der Waals surface area contributed by atoms with E-state index < -0.39 is 11.9 Å². The minimum atomic E-state index is -0.575. The molecule has 0 bridgehead atoms. The minimum Gasteiger partial charge on any atom is -0.493 e. The number of allylic oxidation sites excluding steroid dienone is 3. The molecule has 190 valence electrons. The molecule has 0 fully saturated rings. The summed E-state index contributed by atoms with van der Waals surface area (Å²) in [6, 6.07) is 13.0. The summed E-state index contributed by atoms with van der Waals surface area (Å²) < 4.78 is 21.3. The van der Waals surface area contributed by atoms with Gasteiger partial charge in [0, 0.05) is 41.4 Å². The fraction of sp³-hybridized carbons (Fsp3) is 0.357. The smallest absolute Gasteiger partial charge is 0.336 e. The Hall–Kier alpha value is -3.29. The first-order valence-corrected chi connectivity index (χ1v) is 12.1. The Labute approximate surface area is 216 Å². The normalized spacial score (nSPS) is 19.5. The molecule has 0 saturated carbocycles. The predicted octanol–water partition coefficient (Wildman–Crippen LogP) is 4.91. The zero-order valence-corrected chi connectivity index (χ0v) is 21.6. The van der Waals surface area contributed by atoms with E-state index in [9.17, 15) is 9.59 Å². The minimum absolute atomic E-state index is 0.0248. The van der Waals surface area contributed by atoms with Crippen LogP contribution in [0.5, 0.6) is 11.5 Å². The van der Waals surface area contributed by atoms with Gasteiger partial charge >= 0.3 is 5.97 Å². The van der Waals surface area contributed by atoms with E-state index in [-0.39, 0.29) is 24.9 Å². The summed E-state index contributed by atoms with van der Waals surface area (Å²) in [4.78, 5) is 26.9.